The van der Waals surface area contributed by atoms with E-state index >= 15 is 0 Å². The minimum atomic E-state index is -0.976. The summed E-state index contributed by atoms with van der Waals surface area (Å²) < 4.78 is 4.69. The molecule has 104 valence electrons. The first-order valence-corrected chi connectivity index (χ1v) is 6.04. The van der Waals surface area contributed by atoms with Gasteiger partial charge in [-0.25, -0.2) is 9.84 Å². The van der Waals surface area contributed by atoms with Crippen LogP contribution in [0.4, 0.5) is 5.69 Å². The zero-order valence-electron chi connectivity index (χ0n) is 10.5. The summed E-state index contributed by atoms with van der Waals surface area (Å²) in [5.74, 6) is 0. The summed E-state index contributed by atoms with van der Waals surface area (Å²) in [6.45, 7) is 0. The molecule has 0 amide bonds. The predicted octanol–water partition coefficient (Wildman–Crippen LogP) is 0.360. The van der Waals surface area contributed by atoms with E-state index in [2.05, 4.69) is 25.1 Å². The van der Waals surface area contributed by atoms with Gasteiger partial charge in [0.2, 0.25) is 0 Å². The number of aromatic nitrogens is 5. The molecule has 2 aromatic heterocycles. The van der Waals surface area contributed by atoms with E-state index in [9.17, 15) is 5.21 Å². The molecule has 0 fully saturated rings. The average Bonchev–Trinajstić information content (AvgIpc) is 3.12. The Bertz CT molecular complexity index is 927. The van der Waals surface area contributed by atoms with Gasteiger partial charge >= 0.3 is 0 Å². The molecule has 0 radical (unpaired) electrons. The second-order valence-corrected chi connectivity index (χ2v) is 4.41. The SMILES string of the molecule is [O-][NH+](O)c1ccc(-n2nc3ccc4nonc4c3n2)cc1. The third kappa shape index (κ3) is 1.84. The van der Waals surface area contributed by atoms with Gasteiger partial charge in [-0.05, 0) is 34.6 Å². The zero-order chi connectivity index (χ0) is 14.4. The largest absolute Gasteiger partial charge is 0.595 e. The molecule has 0 saturated heterocycles. The minimum Gasteiger partial charge on any atom is -0.595 e. The van der Waals surface area contributed by atoms with Crippen molar-refractivity contribution in [1.82, 2.24) is 25.3 Å². The summed E-state index contributed by atoms with van der Waals surface area (Å²) in [5.41, 5.74) is 3.24. The van der Waals surface area contributed by atoms with Crippen molar-refractivity contribution in [2.75, 3.05) is 0 Å². The second-order valence-electron chi connectivity index (χ2n) is 4.41. The van der Waals surface area contributed by atoms with Crippen molar-refractivity contribution in [3.05, 3.63) is 41.6 Å². The van der Waals surface area contributed by atoms with Crippen molar-refractivity contribution in [2.45, 2.75) is 0 Å². The summed E-state index contributed by atoms with van der Waals surface area (Å²) in [7, 11) is 0. The first-order chi connectivity index (χ1) is 10.2. The lowest BCUT2D eigenvalue weighted by Crippen LogP contribution is -2.99. The van der Waals surface area contributed by atoms with E-state index in [1.807, 2.05) is 0 Å². The van der Waals surface area contributed by atoms with Crippen LogP contribution < -0.4 is 5.23 Å². The molecule has 0 spiro atoms. The number of hydrogen-bond donors (Lipinski definition) is 2. The van der Waals surface area contributed by atoms with E-state index < -0.39 is 5.23 Å². The highest BCUT2D eigenvalue weighted by Gasteiger charge is 2.12. The molecular formula is C12H8N6O3. The number of quaternary nitrogens is 1. The summed E-state index contributed by atoms with van der Waals surface area (Å²) in [6, 6.07) is 9.80. The van der Waals surface area contributed by atoms with Crippen LogP contribution in [0.1, 0.15) is 0 Å². The monoisotopic (exact) mass is 284 g/mol. The van der Waals surface area contributed by atoms with Crippen molar-refractivity contribution in [3.63, 3.8) is 0 Å². The Hall–Kier alpha value is -2.88. The number of nitrogens with one attached hydrogen (secondary N) is 1. The third-order valence-electron chi connectivity index (χ3n) is 3.12. The van der Waals surface area contributed by atoms with Crippen LogP contribution in [-0.2, 0) is 0 Å². The Morgan fingerprint density at radius 1 is 0.952 bits per heavy atom. The summed E-state index contributed by atoms with van der Waals surface area (Å²) in [6.07, 6.45) is 0. The first kappa shape index (κ1) is 11.9. The van der Waals surface area contributed by atoms with Gasteiger partial charge in [-0.3, -0.25) is 0 Å². The molecule has 4 aromatic rings. The van der Waals surface area contributed by atoms with Crippen LogP contribution in [0.15, 0.2) is 41.0 Å². The van der Waals surface area contributed by atoms with Gasteiger partial charge in [0, 0.05) is 12.1 Å². The Kier molecular flexibility index (Phi) is 2.44. The summed E-state index contributed by atoms with van der Waals surface area (Å²) >= 11 is 0. The number of rotatable bonds is 2. The van der Waals surface area contributed by atoms with Gasteiger partial charge < -0.3 is 5.21 Å². The molecule has 0 aliphatic heterocycles. The van der Waals surface area contributed by atoms with E-state index in [-0.39, 0.29) is 5.69 Å². The molecule has 9 nitrogen and oxygen atoms in total. The molecule has 2 N–H and O–H groups in total. The number of benzene rings is 2. The maximum atomic E-state index is 10.8. The van der Waals surface area contributed by atoms with Crippen LogP contribution in [0.2, 0.25) is 0 Å². The molecule has 4 rings (SSSR count). The van der Waals surface area contributed by atoms with E-state index in [4.69, 9.17) is 5.21 Å². The first-order valence-electron chi connectivity index (χ1n) is 6.04. The lowest BCUT2D eigenvalue weighted by atomic mass is 10.3. The van der Waals surface area contributed by atoms with Crippen LogP contribution >= 0.6 is 0 Å². The fourth-order valence-electron chi connectivity index (χ4n) is 2.08. The van der Waals surface area contributed by atoms with E-state index in [1.165, 1.54) is 16.9 Å². The summed E-state index contributed by atoms with van der Waals surface area (Å²) in [4.78, 5) is 1.42. The van der Waals surface area contributed by atoms with Crippen molar-refractivity contribution in [3.8, 4) is 5.69 Å². The minimum absolute atomic E-state index is 0.207. The molecule has 21 heavy (non-hydrogen) atoms. The molecule has 2 heterocycles. The van der Waals surface area contributed by atoms with E-state index in [0.29, 0.717) is 27.8 Å². The van der Waals surface area contributed by atoms with Crippen LogP contribution in [-0.4, -0.2) is 30.5 Å². The van der Waals surface area contributed by atoms with Gasteiger partial charge in [-0.15, -0.1) is 10.2 Å². The zero-order valence-corrected chi connectivity index (χ0v) is 10.5. The van der Waals surface area contributed by atoms with Crippen LogP contribution in [0.25, 0.3) is 27.8 Å². The number of fused-ring (bicyclic) bond motifs is 3. The topological polar surface area (TPSA) is 117 Å². The average molecular weight is 284 g/mol. The number of nitrogens with zero attached hydrogens (tertiary/aromatic N) is 5. The van der Waals surface area contributed by atoms with Gasteiger partial charge in [0.05, 0.1) is 5.69 Å². The fraction of sp³-hybridized carbons (Fsp3) is 0. The molecule has 9 heteroatoms. The normalized spacial score (nSPS) is 13.0. The molecule has 1 unspecified atom stereocenters. The maximum absolute atomic E-state index is 10.8. The molecule has 0 aliphatic rings. The Morgan fingerprint density at radius 3 is 2.48 bits per heavy atom. The Balaban J connectivity index is 1.86. The smallest absolute Gasteiger partial charge is 0.164 e. The van der Waals surface area contributed by atoms with Gasteiger partial charge in [-0.2, -0.15) is 10.0 Å². The van der Waals surface area contributed by atoms with E-state index in [1.54, 1.807) is 24.3 Å². The highest BCUT2D eigenvalue weighted by molar-refractivity contribution is 5.98. The van der Waals surface area contributed by atoms with Crippen molar-refractivity contribution < 1.29 is 15.1 Å². The standard InChI is InChI=1S/C12H8N6O3/c19-18(20)8-3-1-7(2-4-8)17-13-9-5-6-10-12(11(9)14-17)16-21-15-10/h1-6,18-19H. The summed E-state index contributed by atoms with van der Waals surface area (Å²) in [5, 5.41) is 35.0. The maximum Gasteiger partial charge on any atom is 0.164 e. The third-order valence-corrected chi connectivity index (χ3v) is 3.12. The van der Waals surface area contributed by atoms with Gasteiger partial charge in [-0.1, -0.05) is 0 Å². The molecule has 0 saturated carbocycles. The Labute approximate surface area is 116 Å². The van der Waals surface area contributed by atoms with Crippen molar-refractivity contribution in [1.29, 1.82) is 0 Å². The van der Waals surface area contributed by atoms with Crippen molar-refractivity contribution >= 4 is 27.8 Å². The second kappa shape index (κ2) is 4.31. The molecule has 1 atom stereocenters. The quantitative estimate of drug-likeness (QED) is 0.510. The lowest BCUT2D eigenvalue weighted by Gasteiger charge is -2.11. The Morgan fingerprint density at radius 2 is 1.71 bits per heavy atom. The van der Waals surface area contributed by atoms with Gasteiger partial charge in [0.1, 0.15) is 16.6 Å². The molecule has 0 bridgehead atoms. The van der Waals surface area contributed by atoms with Gasteiger partial charge in [0.15, 0.2) is 11.2 Å². The fourth-order valence-corrected chi connectivity index (χ4v) is 2.08. The molecule has 2 aromatic carbocycles. The van der Waals surface area contributed by atoms with Crippen LogP contribution in [0.5, 0.6) is 0 Å². The lowest BCUT2D eigenvalue weighted by molar-refractivity contribution is -0.991. The highest BCUT2D eigenvalue weighted by Crippen LogP contribution is 2.20. The van der Waals surface area contributed by atoms with E-state index in [0.717, 1.165) is 0 Å². The molecular weight excluding hydrogens is 276 g/mol. The van der Waals surface area contributed by atoms with Crippen molar-refractivity contribution in [2.24, 2.45) is 0 Å². The predicted molar refractivity (Wildman–Crippen MR) is 70.0 cm³/mol. The molecule has 0 aliphatic carbocycles. The van der Waals surface area contributed by atoms with Crippen LogP contribution in [0, 0.1) is 5.21 Å². The highest BCUT2D eigenvalue weighted by atomic mass is 16.8. The number of hydrogen-bond acceptors (Lipinski definition) is 7. The van der Waals surface area contributed by atoms with Gasteiger partial charge in [0.25, 0.3) is 0 Å². The van der Waals surface area contributed by atoms with Crippen LogP contribution in [0.3, 0.4) is 0 Å².